The molecule has 0 atom stereocenters. The van der Waals surface area contributed by atoms with E-state index in [4.69, 9.17) is 0 Å². The van der Waals surface area contributed by atoms with E-state index >= 15 is 0 Å². The third-order valence-electron chi connectivity index (χ3n) is 2.20. The molecule has 2 nitrogen and oxygen atoms in total. The average Bonchev–Trinajstić information content (AvgIpc) is 2.27. The molecule has 0 spiro atoms. The minimum atomic E-state index is -1.25. The van der Waals surface area contributed by atoms with E-state index < -0.39 is 8.07 Å². The zero-order valence-corrected chi connectivity index (χ0v) is 10.5. The lowest BCUT2D eigenvalue weighted by Gasteiger charge is -2.24. The molecular formula is C10H20N2Si. The summed E-state index contributed by atoms with van der Waals surface area (Å²) in [6, 6.07) is 0. The predicted molar refractivity (Wildman–Crippen MR) is 60.3 cm³/mol. The summed E-state index contributed by atoms with van der Waals surface area (Å²) < 4.78 is 0. The Morgan fingerprint density at radius 1 is 1.23 bits per heavy atom. The van der Waals surface area contributed by atoms with Crippen LogP contribution in [0.15, 0.2) is 6.20 Å². The number of hydrogen-bond donors (Lipinski definition) is 1. The van der Waals surface area contributed by atoms with Gasteiger partial charge in [-0.05, 0) is 11.0 Å². The van der Waals surface area contributed by atoms with E-state index in [1.807, 2.05) is 6.20 Å². The Labute approximate surface area is 81.8 Å². The maximum Gasteiger partial charge on any atom is 0.101 e. The first-order valence-corrected chi connectivity index (χ1v) is 8.27. The zero-order valence-electron chi connectivity index (χ0n) is 9.52. The SMILES string of the molecule is CC(C)(C)c1cn[nH]c1[Si](C)(C)C. The molecule has 3 heteroatoms. The number of hydrogen-bond acceptors (Lipinski definition) is 1. The molecule has 0 saturated carbocycles. The van der Waals surface area contributed by atoms with Crippen molar-refractivity contribution < 1.29 is 0 Å². The summed E-state index contributed by atoms with van der Waals surface area (Å²) in [5.74, 6) is 0. The first kappa shape index (κ1) is 10.5. The van der Waals surface area contributed by atoms with Crippen LogP contribution in [0.4, 0.5) is 0 Å². The van der Waals surface area contributed by atoms with Crippen LogP contribution >= 0.6 is 0 Å². The smallest absolute Gasteiger partial charge is 0.101 e. The Bertz CT molecular complexity index is 260. The van der Waals surface area contributed by atoms with Crippen molar-refractivity contribution in [1.82, 2.24) is 10.2 Å². The van der Waals surface area contributed by atoms with Crippen LogP contribution in [0.3, 0.4) is 0 Å². The highest BCUT2D eigenvalue weighted by Crippen LogP contribution is 2.21. The molecule has 0 aliphatic rings. The van der Waals surface area contributed by atoms with Crippen molar-refractivity contribution in [3.8, 4) is 0 Å². The lowest BCUT2D eigenvalue weighted by Crippen LogP contribution is -2.43. The minimum absolute atomic E-state index is 0.211. The van der Waals surface area contributed by atoms with Gasteiger partial charge in [0.2, 0.25) is 0 Å². The summed E-state index contributed by atoms with van der Waals surface area (Å²) >= 11 is 0. The largest absolute Gasteiger partial charge is 0.287 e. The van der Waals surface area contributed by atoms with Crippen molar-refractivity contribution in [2.45, 2.75) is 45.8 Å². The standard InChI is InChI=1S/C10H20N2Si/c1-10(2,3)8-7-11-12-9(8)13(4,5)6/h7H,1-6H3,(H,11,12). The van der Waals surface area contributed by atoms with Crippen molar-refractivity contribution in [2.75, 3.05) is 0 Å². The molecule has 1 rings (SSSR count). The molecule has 0 bridgehead atoms. The van der Waals surface area contributed by atoms with Gasteiger partial charge in [0.25, 0.3) is 0 Å². The fraction of sp³-hybridized carbons (Fsp3) is 0.700. The first-order chi connectivity index (χ1) is 5.73. The number of aromatic amines is 1. The molecule has 1 aromatic heterocycles. The molecule has 0 fully saturated rings. The lowest BCUT2D eigenvalue weighted by atomic mass is 9.90. The van der Waals surface area contributed by atoms with E-state index in [1.54, 1.807) is 0 Å². The Morgan fingerprint density at radius 2 is 1.77 bits per heavy atom. The predicted octanol–water partition coefficient (Wildman–Crippen LogP) is 2.25. The number of nitrogens with one attached hydrogen (secondary N) is 1. The van der Waals surface area contributed by atoms with E-state index in [0.29, 0.717) is 0 Å². The van der Waals surface area contributed by atoms with Gasteiger partial charge in [0.1, 0.15) is 8.07 Å². The van der Waals surface area contributed by atoms with Crippen LogP contribution in [-0.2, 0) is 5.41 Å². The van der Waals surface area contributed by atoms with Gasteiger partial charge in [-0.1, -0.05) is 40.4 Å². The van der Waals surface area contributed by atoms with Gasteiger partial charge in [0.05, 0.1) is 6.20 Å². The van der Waals surface area contributed by atoms with Crippen LogP contribution in [0.25, 0.3) is 0 Å². The molecule has 0 radical (unpaired) electrons. The Balaban J connectivity index is 3.19. The van der Waals surface area contributed by atoms with Gasteiger partial charge in [-0.2, -0.15) is 5.10 Å². The maximum absolute atomic E-state index is 4.16. The van der Waals surface area contributed by atoms with Crippen molar-refractivity contribution in [3.05, 3.63) is 11.8 Å². The van der Waals surface area contributed by atoms with Gasteiger partial charge in [0.15, 0.2) is 0 Å². The molecule has 1 heterocycles. The molecule has 0 unspecified atom stereocenters. The lowest BCUT2D eigenvalue weighted by molar-refractivity contribution is 0.594. The highest BCUT2D eigenvalue weighted by Gasteiger charge is 2.27. The van der Waals surface area contributed by atoms with Gasteiger partial charge in [-0.3, -0.25) is 5.10 Å². The summed E-state index contributed by atoms with van der Waals surface area (Å²) in [6.07, 6.45) is 1.98. The van der Waals surface area contributed by atoms with Gasteiger partial charge in [-0.25, -0.2) is 0 Å². The summed E-state index contributed by atoms with van der Waals surface area (Å²) in [5.41, 5.74) is 1.59. The van der Waals surface area contributed by atoms with Gasteiger partial charge >= 0.3 is 0 Å². The second-order valence-corrected chi connectivity index (χ2v) is 10.7. The Hall–Kier alpha value is -0.573. The van der Waals surface area contributed by atoms with Crippen LogP contribution in [0.5, 0.6) is 0 Å². The van der Waals surface area contributed by atoms with E-state index in [1.165, 1.54) is 10.9 Å². The number of nitrogens with zero attached hydrogens (tertiary/aromatic N) is 1. The quantitative estimate of drug-likeness (QED) is 0.686. The first-order valence-electron chi connectivity index (χ1n) is 4.77. The molecule has 1 N–H and O–H groups in total. The fourth-order valence-electron chi connectivity index (χ4n) is 1.43. The van der Waals surface area contributed by atoms with Crippen LogP contribution < -0.4 is 5.32 Å². The third-order valence-corrected chi connectivity index (χ3v) is 4.08. The normalized spacial score (nSPS) is 13.4. The summed E-state index contributed by atoms with van der Waals surface area (Å²) in [4.78, 5) is 0. The average molecular weight is 196 g/mol. The van der Waals surface area contributed by atoms with Crippen LogP contribution in [0.1, 0.15) is 26.3 Å². The van der Waals surface area contributed by atoms with Crippen molar-refractivity contribution in [2.24, 2.45) is 0 Å². The van der Waals surface area contributed by atoms with E-state index in [0.717, 1.165) is 0 Å². The summed E-state index contributed by atoms with van der Waals surface area (Å²) in [5, 5.41) is 8.72. The topological polar surface area (TPSA) is 28.7 Å². The number of H-pyrrole nitrogens is 1. The monoisotopic (exact) mass is 196 g/mol. The zero-order chi connectivity index (χ0) is 10.3. The Kier molecular flexibility index (Phi) is 2.41. The van der Waals surface area contributed by atoms with Crippen molar-refractivity contribution in [3.63, 3.8) is 0 Å². The molecule has 0 aliphatic heterocycles. The number of rotatable bonds is 1. The Morgan fingerprint density at radius 3 is 2.08 bits per heavy atom. The fourth-order valence-corrected chi connectivity index (χ4v) is 3.07. The molecule has 1 aromatic rings. The van der Waals surface area contributed by atoms with Crippen LogP contribution in [0, 0.1) is 0 Å². The molecular weight excluding hydrogens is 176 g/mol. The van der Waals surface area contributed by atoms with Gasteiger partial charge < -0.3 is 0 Å². The highest BCUT2D eigenvalue weighted by molar-refractivity contribution is 6.88. The van der Waals surface area contributed by atoms with Crippen molar-refractivity contribution in [1.29, 1.82) is 0 Å². The second-order valence-electron chi connectivity index (χ2n) is 5.66. The summed E-state index contributed by atoms with van der Waals surface area (Å²) in [7, 11) is -1.25. The summed E-state index contributed by atoms with van der Waals surface area (Å²) in [6.45, 7) is 13.7. The van der Waals surface area contributed by atoms with E-state index in [9.17, 15) is 0 Å². The maximum atomic E-state index is 4.16. The minimum Gasteiger partial charge on any atom is -0.287 e. The van der Waals surface area contributed by atoms with Crippen LogP contribution in [0.2, 0.25) is 19.6 Å². The molecule has 0 saturated heterocycles. The van der Waals surface area contributed by atoms with Crippen molar-refractivity contribution >= 4 is 13.4 Å². The highest BCUT2D eigenvalue weighted by atomic mass is 28.3. The van der Waals surface area contributed by atoms with Gasteiger partial charge in [0, 0.05) is 5.32 Å². The molecule has 74 valence electrons. The molecule has 0 aliphatic carbocycles. The second kappa shape index (κ2) is 2.98. The molecule has 13 heavy (non-hydrogen) atoms. The number of aromatic nitrogens is 2. The molecule has 0 aromatic carbocycles. The van der Waals surface area contributed by atoms with E-state index in [-0.39, 0.29) is 5.41 Å². The van der Waals surface area contributed by atoms with E-state index in [2.05, 4.69) is 50.6 Å². The van der Waals surface area contributed by atoms with Crippen LogP contribution in [-0.4, -0.2) is 18.3 Å². The molecule has 0 amide bonds. The van der Waals surface area contributed by atoms with Gasteiger partial charge in [-0.15, -0.1) is 0 Å². The third kappa shape index (κ3) is 2.21.